The van der Waals surface area contributed by atoms with Gasteiger partial charge in [-0.25, -0.2) is 9.97 Å². The third-order valence-electron chi connectivity index (χ3n) is 14.8. The average molecular weight is 919 g/mol. The second kappa shape index (κ2) is 16.7. The van der Waals surface area contributed by atoms with E-state index in [4.69, 9.17) is 31.4 Å². The number of hydrogen-bond acceptors (Lipinski definition) is 6. The van der Waals surface area contributed by atoms with E-state index in [0.717, 1.165) is 98.3 Å². The third kappa shape index (κ3) is 6.44. The molecule has 5 aromatic heterocycles. The summed E-state index contributed by atoms with van der Waals surface area (Å²) < 4.78 is 4.82. The van der Waals surface area contributed by atoms with Gasteiger partial charge in [0, 0.05) is 57.3 Å². The molecule has 5 heterocycles. The molecular formula is C63H50N8. The number of allylic oxidation sites excluding steroid dienone is 4. The highest BCUT2D eigenvalue weighted by molar-refractivity contribution is 6.17. The van der Waals surface area contributed by atoms with E-state index in [1.165, 1.54) is 66.0 Å². The van der Waals surface area contributed by atoms with Crippen molar-refractivity contribution in [1.82, 2.24) is 24.1 Å². The van der Waals surface area contributed by atoms with Crippen molar-refractivity contribution in [2.45, 2.75) is 46.5 Å². The van der Waals surface area contributed by atoms with Gasteiger partial charge in [0.1, 0.15) is 11.6 Å². The number of aromatic nitrogens is 5. The second-order valence-corrected chi connectivity index (χ2v) is 18.7. The first-order valence-corrected chi connectivity index (χ1v) is 24.6. The number of fused-ring (bicyclic) bond motifs is 9. The van der Waals surface area contributed by atoms with Gasteiger partial charge < -0.3 is 11.5 Å². The lowest BCUT2D eigenvalue weighted by atomic mass is 9.74. The van der Waals surface area contributed by atoms with Crippen LogP contribution >= 0.6 is 0 Å². The molecular weight excluding hydrogens is 869 g/mol. The Hall–Kier alpha value is -8.88. The van der Waals surface area contributed by atoms with Gasteiger partial charge in [-0.05, 0) is 193 Å². The van der Waals surface area contributed by atoms with Crippen molar-refractivity contribution in [1.29, 1.82) is 0 Å². The predicted molar refractivity (Wildman–Crippen MR) is 298 cm³/mol. The Bertz CT molecular complexity index is 4150. The molecule has 0 bridgehead atoms. The van der Waals surface area contributed by atoms with Gasteiger partial charge in [0.25, 0.3) is 0 Å². The van der Waals surface area contributed by atoms with Crippen LogP contribution in [-0.2, 0) is 25.7 Å². The SMILES string of the molecule is C/C=C\C=Nc1ccc(-c2ccc3c(c2)c2cc4c5c(c2n3-c2ccccn2)CCc2cc3c6cc(-c7cc(/C=C\C)c(N)c(N)c7/C=C\C)ccc6n(-c6ccccn6)c3c(c2-5)CC4)c2cccnc12. The molecule has 0 radical (unpaired) electrons. The number of nitrogen functional groups attached to an aromatic ring is 2. The molecule has 71 heavy (non-hydrogen) atoms. The highest BCUT2D eigenvalue weighted by Crippen LogP contribution is 2.52. The normalized spacial score (nSPS) is 13.5. The van der Waals surface area contributed by atoms with E-state index in [2.05, 4.69) is 112 Å². The number of rotatable bonds is 8. The van der Waals surface area contributed by atoms with Gasteiger partial charge >= 0.3 is 0 Å². The fourth-order valence-electron chi connectivity index (χ4n) is 11.8. The Morgan fingerprint density at radius 2 is 1.13 bits per heavy atom. The van der Waals surface area contributed by atoms with Crippen molar-refractivity contribution >= 4 is 89.9 Å². The monoisotopic (exact) mass is 918 g/mol. The van der Waals surface area contributed by atoms with E-state index in [1.54, 1.807) is 0 Å². The van der Waals surface area contributed by atoms with Crippen molar-refractivity contribution in [2.75, 3.05) is 11.5 Å². The van der Waals surface area contributed by atoms with Gasteiger partial charge in [0.15, 0.2) is 0 Å². The van der Waals surface area contributed by atoms with E-state index in [-0.39, 0.29) is 0 Å². The van der Waals surface area contributed by atoms with Crippen molar-refractivity contribution in [3.05, 3.63) is 192 Å². The van der Waals surface area contributed by atoms with Gasteiger partial charge in [-0.1, -0.05) is 66.8 Å². The smallest absolute Gasteiger partial charge is 0.137 e. The lowest BCUT2D eigenvalue weighted by Gasteiger charge is -2.31. The number of pyridine rings is 3. The zero-order chi connectivity index (χ0) is 47.9. The van der Waals surface area contributed by atoms with Gasteiger partial charge in [0.2, 0.25) is 0 Å². The van der Waals surface area contributed by atoms with E-state index < -0.39 is 0 Å². The van der Waals surface area contributed by atoms with Crippen molar-refractivity contribution in [3.63, 3.8) is 0 Å². The van der Waals surface area contributed by atoms with Crippen LogP contribution in [0.15, 0.2) is 163 Å². The molecule has 0 aliphatic heterocycles. The van der Waals surface area contributed by atoms with Crippen LogP contribution in [0.3, 0.4) is 0 Å². The lowest BCUT2D eigenvalue weighted by Crippen LogP contribution is -2.16. The maximum atomic E-state index is 6.81. The van der Waals surface area contributed by atoms with Gasteiger partial charge in [-0.15, -0.1) is 0 Å². The highest BCUT2D eigenvalue weighted by atomic mass is 15.1. The summed E-state index contributed by atoms with van der Waals surface area (Å²) in [7, 11) is 0. The maximum Gasteiger partial charge on any atom is 0.137 e. The number of anilines is 2. The third-order valence-corrected chi connectivity index (χ3v) is 14.8. The number of benzene rings is 6. The first-order valence-electron chi connectivity index (χ1n) is 24.6. The summed E-state index contributed by atoms with van der Waals surface area (Å²) in [6, 6.07) is 41.8. The highest BCUT2D eigenvalue weighted by Gasteiger charge is 2.33. The van der Waals surface area contributed by atoms with Crippen molar-refractivity contribution in [2.24, 2.45) is 4.99 Å². The number of hydrogen-bond donors (Lipinski definition) is 2. The summed E-state index contributed by atoms with van der Waals surface area (Å²) in [5, 5.41) is 5.98. The molecule has 0 saturated carbocycles. The minimum atomic E-state index is 0.595. The second-order valence-electron chi connectivity index (χ2n) is 18.7. The lowest BCUT2D eigenvalue weighted by molar-refractivity contribution is 0.881. The summed E-state index contributed by atoms with van der Waals surface area (Å²) in [6.45, 7) is 6.02. The van der Waals surface area contributed by atoms with Crippen LogP contribution in [0.2, 0.25) is 0 Å². The van der Waals surface area contributed by atoms with Gasteiger partial charge in [0.05, 0.1) is 44.6 Å². The first kappa shape index (κ1) is 42.2. The van der Waals surface area contributed by atoms with Gasteiger partial charge in [-0.2, -0.15) is 0 Å². The number of nitrogens with two attached hydrogens (primary N) is 2. The first-order chi connectivity index (χ1) is 34.9. The fraction of sp³-hybridized carbons (Fsp3) is 0.111. The maximum absolute atomic E-state index is 6.81. The van der Waals surface area contributed by atoms with Crippen LogP contribution in [0.5, 0.6) is 0 Å². The van der Waals surface area contributed by atoms with Crippen LogP contribution < -0.4 is 11.5 Å². The molecule has 8 nitrogen and oxygen atoms in total. The Kier molecular flexibility index (Phi) is 9.92. The zero-order valence-electron chi connectivity index (χ0n) is 39.9. The zero-order valence-corrected chi connectivity index (χ0v) is 39.9. The fourth-order valence-corrected chi connectivity index (χ4v) is 11.8. The molecule has 0 atom stereocenters. The summed E-state index contributed by atoms with van der Waals surface area (Å²) >= 11 is 0. The summed E-state index contributed by atoms with van der Waals surface area (Å²) in [5.41, 5.74) is 35.7. The van der Waals surface area contributed by atoms with Crippen molar-refractivity contribution < 1.29 is 0 Å². The molecule has 0 amide bonds. The molecule has 8 heteroatoms. The summed E-state index contributed by atoms with van der Waals surface area (Å²) in [5.74, 6) is 1.82. The molecule has 2 aliphatic carbocycles. The standard InChI is InChI=1S/C63H50N8/c1-4-7-28-66-52-25-24-42(44-15-12-31-69-61(44)52)37-20-26-53-48(32-37)50-34-39-18-23-46-58-40(19-22-45(57(39)58)62(50)70(53)55-16-8-10-29-67-55)35-51-49-33-38(21-27-54(49)71(63(46)51)56-17-9-11-30-68-56)47-36-41(13-5-2)59(64)60(65)43(47)14-6-3/h4-17,20-21,24-36H,18-19,22-23,64-65H2,1-3H3/b7-4-,13-5-,14-6-,66-28?. The molecule has 11 aromatic rings. The minimum absolute atomic E-state index is 0.595. The van der Waals surface area contributed by atoms with E-state index in [1.807, 2.05) is 94.2 Å². The minimum Gasteiger partial charge on any atom is -0.397 e. The largest absolute Gasteiger partial charge is 0.397 e. The average Bonchev–Trinajstić information content (AvgIpc) is 3.92. The van der Waals surface area contributed by atoms with E-state index >= 15 is 0 Å². The molecule has 342 valence electrons. The summed E-state index contributed by atoms with van der Waals surface area (Å²) in [4.78, 5) is 19.6. The molecule has 13 rings (SSSR count). The molecule has 0 fully saturated rings. The quantitative estimate of drug-likeness (QED) is 0.116. The number of aryl methyl sites for hydroxylation is 4. The van der Waals surface area contributed by atoms with Crippen molar-refractivity contribution in [3.8, 4) is 45.0 Å². The van der Waals surface area contributed by atoms with Crippen LogP contribution in [0, 0.1) is 0 Å². The summed E-state index contributed by atoms with van der Waals surface area (Å²) in [6.07, 6.45) is 23.2. The number of aliphatic imine (C=N–C) groups is 1. The van der Waals surface area contributed by atoms with E-state index in [9.17, 15) is 0 Å². The molecule has 0 saturated heterocycles. The molecule has 0 unspecified atom stereocenters. The van der Waals surface area contributed by atoms with E-state index in [0.29, 0.717) is 11.4 Å². The Balaban J connectivity index is 1.06. The topological polar surface area (TPSA) is 113 Å². The Morgan fingerprint density at radius 1 is 0.521 bits per heavy atom. The van der Waals surface area contributed by atoms with Gasteiger partial charge in [-0.3, -0.25) is 19.1 Å². The van der Waals surface area contributed by atoms with Crippen LogP contribution in [0.25, 0.3) is 112 Å². The molecule has 0 spiro atoms. The van der Waals surface area contributed by atoms with Crippen LogP contribution in [-0.4, -0.2) is 30.3 Å². The number of nitrogens with zero attached hydrogens (tertiary/aromatic N) is 6. The Labute approximate surface area is 411 Å². The van der Waals surface area contributed by atoms with Crippen LogP contribution in [0.1, 0.15) is 54.2 Å². The van der Waals surface area contributed by atoms with Crippen LogP contribution in [0.4, 0.5) is 17.1 Å². The predicted octanol–water partition coefficient (Wildman–Crippen LogP) is 14.9. The molecule has 6 aromatic carbocycles. The molecule has 4 N–H and O–H groups in total. The molecule has 2 aliphatic rings. The Morgan fingerprint density at radius 3 is 1.70 bits per heavy atom.